The lowest BCUT2D eigenvalue weighted by atomic mass is 9.59. The first-order chi connectivity index (χ1) is 5.74. The second kappa shape index (κ2) is 2.11. The molecule has 0 saturated heterocycles. The van der Waals surface area contributed by atoms with E-state index in [-0.39, 0.29) is 10.8 Å². The summed E-state index contributed by atoms with van der Waals surface area (Å²) in [5.41, 5.74) is -0.447. The van der Waals surface area contributed by atoms with E-state index in [0.717, 1.165) is 25.7 Å². The van der Waals surface area contributed by atoms with E-state index < -0.39 is 0 Å². The second-order valence-corrected chi connectivity index (χ2v) is 3.87. The summed E-state index contributed by atoms with van der Waals surface area (Å²) in [5.74, 6) is 0. The predicted octanol–water partition coefficient (Wildman–Crippen LogP) is 2.15. The van der Waals surface area contributed by atoms with E-state index in [2.05, 4.69) is 12.1 Å². The highest BCUT2D eigenvalue weighted by atomic mass is 14.5. The van der Waals surface area contributed by atoms with E-state index in [1.54, 1.807) is 0 Å². The van der Waals surface area contributed by atoms with Crippen molar-refractivity contribution >= 4 is 0 Å². The molecule has 3 aliphatic carbocycles. The standard InChI is InChI=1S/C10H10N2/c11-7-9-1-2-10(8-12,5-3-9)6-4-9/h1-2H,3-6H2. The molecule has 1 saturated carbocycles. The molecule has 0 radical (unpaired) electrons. The Labute approximate surface area is 72.1 Å². The summed E-state index contributed by atoms with van der Waals surface area (Å²) >= 11 is 0. The van der Waals surface area contributed by atoms with Crippen LogP contribution in [0.2, 0.25) is 0 Å². The lowest BCUT2D eigenvalue weighted by Crippen LogP contribution is -2.35. The van der Waals surface area contributed by atoms with Gasteiger partial charge in [-0.25, -0.2) is 0 Å². The number of hydrogen-bond acceptors (Lipinski definition) is 2. The zero-order chi connectivity index (χ0) is 8.66. The molecular formula is C10H10N2. The molecule has 2 heteroatoms. The summed E-state index contributed by atoms with van der Waals surface area (Å²) in [6.07, 6.45) is 7.37. The van der Waals surface area contributed by atoms with Crippen molar-refractivity contribution in [1.29, 1.82) is 10.5 Å². The second-order valence-electron chi connectivity index (χ2n) is 3.87. The zero-order valence-electron chi connectivity index (χ0n) is 6.88. The minimum absolute atomic E-state index is 0.224. The van der Waals surface area contributed by atoms with Crippen LogP contribution in [0.5, 0.6) is 0 Å². The van der Waals surface area contributed by atoms with E-state index in [0.29, 0.717) is 0 Å². The van der Waals surface area contributed by atoms with Crippen molar-refractivity contribution < 1.29 is 0 Å². The van der Waals surface area contributed by atoms with Crippen LogP contribution in [0.15, 0.2) is 12.2 Å². The molecular weight excluding hydrogens is 148 g/mol. The average Bonchev–Trinajstić information content (AvgIpc) is 2.21. The van der Waals surface area contributed by atoms with Gasteiger partial charge in [-0.2, -0.15) is 10.5 Å². The maximum atomic E-state index is 8.94. The number of fused-ring (bicyclic) bond motifs is 2. The van der Waals surface area contributed by atoms with Crippen molar-refractivity contribution in [2.24, 2.45) is 10.8 Å². The minimum Gasteiger partial charge on any atom is -0.197 e. The number of nitrogens with zero attached hydrogens (tertiary/aromatic N) is 2. The van der Waals surface area contributed by atoms with Crippen molar-refractivity contribution in [2.75, 3.05) is 0 Å². The lowest BCUT2D eigenvalue weighted by Gasteiger charge is -2.41. The Bertz CT molecular complexity index is 274. The quantitative estimate of drug-likeness (QED) is 0.507. The monoisotopic (exact) mass is 158 g/mol. The molecule has 0 amide bonds. The maximum Gasteiger partial charge on any atom is 0.0755 e. The Balaban J connectivity index is 2.39. The van der Waals surface area contributed by atoms with Gasteiger partial charge in [0.1, 0.15) is 0 Å². The summed E-state index contributed by atoms with van der Waals surface area (Å²) in [6.45, 7) is 0. The first kappa shape index (κ1) is 7.37. The van der Waals surface area contributed by atoms with Crippen LogP contribution < -0.4 is 0 Å². The molecule has 0 atom stereocenters. The molecule has 60 valence electrons. The van der Waals surface area contributed by atoms with Crippen molar-refractivity contribution in [3.05, 3.63) is 12.2 Å². The Kier molecular flexibility index (Phi) is 1.30. The van der Waals surface area contributed by atoms with Crippen LogP contribution in [-0.4, -0.2) is 0 Å². The summed E-state index contributed by atoms with van der Waals surface area (Å²) in [6, 6.07) is 4.70. The molecule has 0 heterocycles. The first-order valence-electron chi connectivity index (χ1n) is 4.27. The molecule has 0 N–H and O–H groups in total. The molecule has 0 aromatic rings. The highest BCUT2D eigenvalue weighted by molar-refractivity contribution is 5.28. The molecule has 0 aliphatic heterocycles. The highest BCUT2D eigenvalue weighted by Crippen LogP contribution is 2.51. The third kappa shape index (κ3) is 0.786. The molecule has 12 heavy (non-hydrogen) atoms. The van der Waals surface area contributed by atoms with E-state index >= 15 is 0 Å². The normalized spacial score (nSPS) is 43.5. The SMILES string of the molecule is N#CC12C=CC(C#N)(CC1)CC2. The Morgan fingerprint density at radius 2 is 1.17 bits per heavy atom. The molecule has 0 aromatic heterocycles. The van der Waals surface area contributed by atoms with Crippen LogP contribution in [0.1, 0.15) is 25.7 Å². The Morgan fingerprint density at radius 1 is 0.833 bits per heavy atom. The van der Waals surface area contributed by atoms with Gasteiger partial charge in [0.15, 0.2) is 0 Å². The highest BCUT2D eigenvalue weighted by Gasteiger charge is 2.45. The molecule has 1 fully saturated rings. The maximum absolute atomic E-state index is 8.94. The van der Waals surface area contributed by atoms with Gasteiger partial charge in [0.05, 0.1) is 23.0 Å². The number of nitriles is 2. The van der Waals surface area contributed by atoms with Crippen LogP contribution >= 0.6 is 0 Å². The Morgan fingerprint density at radius 3 is 1.33 bits per heavy atom. The predicted molar refractivity (Wildman–Crippen MR) is 43.7 cm³/mol. The summed E-state index contributed by atoms with van der Waals surface area (Å²) in [7, 11) is 0. The summed E-state index contributed by atoms with van der Waals surface area (Å²) < 4.78 is 0. The average molecular weight is 158 g/mol. The lowest BCUT2D eigenvalue weighted by molar-refractivity contribution is 0.212. The fourth-order valence-electron chi connectivity index (χ4n) is 2.09. The van der Waals surface area contributed by atoms with Crippen LogP contribution in [0, 0.1) is 33.5 Å². The third-order valence-electron chi connectivity index (χ3n) is 3.20. The fraction of sp³-hybridized carbons (Fsp3) is 0.600. The van der Waals surface area contributed by atoms with Crippen molar-refractivity contribution in [1.82, 2.24) is 0 Å². The van der Waals surface area contributed by atoms with Gasteiger partial charge in [0.2, 0.25) is 0 Å². The van der Waals surface area contributed by atoms with Crippen molar-refractivity contribution in [3.8, 4) is 12.1 Å². The molecule has 0 unspecified atom stereocenters. The van der Waals surface area contributed by atoms with E-state index in [1.807, 2.05) is 12.2 Å². The third-order valence-corrected chi connectivity index (χ3v) is 3.20. The largest absolute Gasteiger partial charge is 0.197 e. The van der Waals surface area contributed by atoms with Gasteiger partial charge >= 0.3 is 0 Å². The van der Waals surface area contributed by atoms with E-state index in [4.69, 9.17) is 10.5 Å². The van der Waals surface area contributed by atoms with Crippen LogP contribution in [0.3, 0.4) is 0 Å². The number of allylic oxidation sites excluding steroid dienone is 2. The first-order valence-corrected chi connectivity index (χ1v) is 4.27. The van der Waals surface area contributed by atoms with Gasteiger partial charge in [-0.05, 0) is 25.7 Å². The number of hydrogen-bond donors (Lipinski definition) is 0. The summed E-state index contributed by atoms with van der Waals surface area (Å²) in [4.78, 5) is 0. The minimum atomic E-state index is -0.224. The molecule has 3 aliphatic rings. The van der Waals surface area contributed by atoms with Gasteiger partial charge in [-0.1, -0.05) is 12.2 Å². The fourth-order valence-corrected chi connectivity index (χ4v) is 2.09. The summed E-state index contributed by atoms with van der Waals surface area (Å²) in [5, 5.41) is 17.9. The van der Waals surface area contributed by atoms with Gasteiger partial charge < -0.3 is 0 Å². The van der Waals surface area contributed by atoms with Crippen LogP contribution in [-0.2, 0) is 0 Å². The van der Waals surface area contributed by atoms with Gasteiger partial charge in [-0.15, -0.1) is 0 Å². The van der Waals surface area contributed by atoms with E-state index in [1.165, 1.54) is 0 Å². The molecule has 0 spiro atoms. The molecule has 2 nitrogen and oxygen atoms in total. The van der Waals surface area contributed by atoms with Gasteiger partial charge in [-0.3, -0.25) is 0 Å². The zero-order valence-corrected chi connectivity index (χ0v) is 6.88. The number of rotatable bonds is 0. The van der Waals surface area contributed by atoms with Crippen LogP contribution in [0.4, 0.5) is 0 Å². The smallest absolute Gasteiger partial charge is 0.0755 e. The van der Waals surface area contributed by atoms with Crippen molar-refractivity contribution in [3.63, 3.8) is 0 Å². The Hall–Kier alpha value is -1.28. The topological polar surface area (TPSA) is 47.6 Å². The molecule has 2 bridgehead atoms. The van der Waals surface area contributed by atoms with Crippen molar-refractivity contribution in [2.45, 2.75) is 25.7 Å². The van der Waals surface area contributed by atoms with Gasteiger partial charge in [0.25, 0.3) is 0 Å². The van der Waals surface area contributed by atoms with Crippen LogP contribution in [0.25, 0.3) is 0 Å². The van der Waals surface area contributed by atoms with E-state index in [9.17, 15) is 0 Å². The van der Waals surface area contributed by atoms with Gasteiger partial charge in [0, 0.05) is 0 Å². The molecule has 0 aromatic carbocycles. The molecule has 3 rings (SSSR count).